The molecule has 0 radical (unpaired) electrons. The van der Waals surface area contributed by atoms with Crippen molar-refractivity contribution in [1.29, 1.82) is 0 Å². The first-order valence-electron chi connectivity index (χ1n) is 16.3. The molecule has 0 aromatic heterocycles. The van der Waals surface area contributed by atoms with Gasteiger partial charge in [-0.1, -0.05) is 117 Å². The van der Waals surface area contributed by atoms with Crippen LogP contribution < -0.4 is 0 Å². The molecular formula is C41H56O4. The van der Waals surface area contributed by atoms with E-state index in [0.29, 0.717) is 12.3 Å². The number of fused-ring (bicyclic) bond motifs is 1. The number of methoxy groups -OCH3 is 1. The molecule has 4 atom stereocenters. The molecule has 0 spiro atoms. The van der Waals surface area contributed by atoms with Gasteiger partial charge in [0.25, 0.3) is 0 Å². The van der Waals surface area contributed by atoms with E-state index < -0.39 is 0 Å². The van der Waals surface area contributed by atoms with Gasteiger partial charge in [0.05, 0.1) is 12.2 Å². The number of carbonyl (C=O) groups is 1. The zero-order chi connectivity index (χ0) is 33.6. The van der Waals surface area contributed by atoms with Gasteiger partial charge in [0, 0.05) is 25.0 Å². The molecule has 0 aromatic rings. The third-order valence-corrected chi connectivity index (χ3v) is 9.42. The quantitative estimate of drug-likeness (QED) is 0.236. The summed E-state index contributed by atoms with van der Waals surface area (Å²) < 4.78 is 12.0. The fraction of sp³-hybridized carbons (Fsp3) is 0.488. The van der Waals surface area contributed by atoms with Gasteiger partial charge in [0.15, 0.2) is 5.78 Å². The minimum absolute atomic E-state index is 0.00760. The fourth-order valence-electron chi connectivity index (χ4n) is 7.10. The Labute approximate surface area is 273 Å². The number of allylic oxidation sites excluding steroid dienone is 17. The number of carbonyl (C=O) groups excluding carboxylic acids is 1. The molecule has 4 nitrogen and oxygen atoms in total. The Bertz CT molecular complexity index is 1430. The summed E-state index contributed by atoms with van der Waals surface area (Å²) in [7, 11) is 1.68. The largest absolute Gasteiger partial charge is 0.487 e. The highest BCUT2D eigenvalue weighted by Crippen LogP contribution is 2.53. The van der Waals surface area contributed by atoms with Crippen molar-refractivity contribution in [3.8, 4) is 0 Å². The Morgan fingerprint density at radius 3 is 1.96 bits per heavy atom. The summed E-state index contributed by atoms with van der Waals surface area (Å²) >= 11 is 0. The smallest absolute Gasteiger partial charge is 0.158 e. The van der Waals surface area contributed by atoms with E-state index in [9.17, 15) is 9.90 Å². The van der Waals surface area contributed by atoms with Crippen LogP contribution in [0.3, 0.4) is 0 Å². The van der Waals surface area contributed by atoms with E-state index in [0.717, 1.165) is 52.0 Å². The minimum atomic E-state index is -0.344. The molecule has 1 heterocycles. The van der Waals surface area contributed by atoms with Gasteiger partial charge in [-0.15, -0.1) is 0 Å². The van der Waals surface area contributed by atoms with Crippen molar-refractivity contribution < 1.29 is 19.4 Å². The topological polar surface area (TPSA) is 55.8 Å². The van der Waals surface area contributed by atoms with Crippen molar-refractivity contribution in [2.45, 2.75) is 106 Å². The Kier molecular flexibility index (Phi) is 12.0. The molecule has 4 heteroatoms. The third-order valence-electron chi connectivity index (χ3n) is 9.42. The number of hydrogen-bond acceptors (Lipinski definition) is 4. The molecule has 2 aliphatic carbocycles. The molecule has 1 fully saturated rings. The van der Waals surface area contributed by atoms with Gasteiger partial charge in [-0.05, 0) is 82.4 Å². The number of aliphatic hydroxyl groups excluding tert-OH is 1. The molecule has 4 unspecified atom stereocenters. The first kappa shape index (κ1) is 36.3. The van der Waals surface area contributed by atoms with Gasteiger partial charge in [-0.25, -0.2) is 0 Å². The average Bonchev–Trinajstić information content (AvgIpc) is 3.42. The summed E-state index contributed by atoms with van der Waals surface area (Å²) in [6.45, 7) is 20.9. The molecule has 244 valence electrons. The van der Waals surface area contributed by atoms with Crippen LogP contribution in [0.5, 0.6) is 0 Å². The summed E-state index contributed by atoms with van der Waals surface area (Å²) in [5.41, 5.74) is 5.95. The molecule has 1 saturated carbocycles. The fourth-order valence-corrected chi connectivity index (χ4v) is 7.10. The number of Topliss-reactive ketones (excluding diaryl/α,β-unsaturated/α-hetero) is 1. The molecule has 3 rings (SSSR count). The van der Waals surface area contributed by atoms with E-state index in [1.807, 2.05) is 0 Å². The summed E-state index contributed by atoms with van der Waals surface area (Å²) in [6.07, 6.45) is 29.0. The first-order valence-corrected chi connectivity index (χ1v) is 16.3. The summed E-state index contributed by atoms with van der Waals surface area (Å²) in [5.74, 6) is 1.31. The maximum absolute atomic E-state index is 12.3. The zero-order valence-corrected chi connectivity index (χ0v) is 29.5. The molecule has 1 N–H and O–H groups in total. The van der Waals surface area contributed by atoms with Crippen LogP contribution in [0.15, 0.2) is 118 Å². The van der Waals surface area contributed by atoms with Crippen molar-refractivity contribution in [1.82, 2.24) is 0 Å². The van der Waals surface area contributed by atoms with Crippen LogP contribution in [0.25, 0.3) is 0 Å². The Hall–Kier alpha value is -3.21. The molecular weight excluding hydrogens is 556 g/mol. The van der Waals surface area contributed by atoms with Gasteiger partial charge in [0.1, 0.15) is 11.4 Å². The maximum Gasteiger partial charge on any atom is 0.158 e. The van der Waals surface area contributed by atoms with Crippen LogP contribution in [0.4, 0.5) is 0 Å². The second-order valence-corrected chi connectivity index (χ2v) is 14.7. The SMILES string of the molecule is COC1CC(C)(C)C(C=CC(C)=CC=CC(C)=CC=CC=C(C)C=CC=C(C)C2=CC3C(C)(C)CC(O)CC3(C)O2)=C1C(C)=O. The van der Waals surface area contributed by atoms with Crippen molar-refractivity contribution in [3.63, 3.8) is 0 Å². The minimum Gasteiger partial charge on any atom is -0.487 e. The van der Waals surface area contributed by atoms with E-state index in [4.69, 9.17) is 9.47 Å². The molecule has 1 aliphatic heterocycles. The van der Waals surface area contributed by atoms with Crippen LogP contribution in [0.1, 0.15) is 88.5 Å². The summed E-state index contributed by atoms with van der Waals surface area (Å²) in [4.78, 5) is 12.3. The van der Waals surface area contributed by atoms with Gasteiger partial charge >= 0.3 is 0 Å². The molecule has 3 aliphatic rings. The Balaban J connectivity index is 1.55. The second kappa shape index (κ2) is 14.9. The third kappa shape index (κ3) is 9.40. The Morgan fingerprint density at radius 1 is 0.822 bits per heavy atom. The van der Waals surface area contributed by atoms with Crippen molar-refractivity contribution >= 4 is 5.78 Å². The standard InChI is InChI=1S/C41H56O4/c1-28(18-14-19-30(3)22-23-34-38(32(5)42)36(44-11)27-39(34,6)7)16-12-13-17-29(2)20-15-21-31(4)35-24-37-40(8,9)25-33(43)26-41(37,10)45-35/h12-24,33,36-37,43H,25-27H2,1-11H3. The highest BCUT2D eigenvalue weighted by Gasteiger charge is 2.53. The van der Waals surface area contributed by atoms with Crippen LogP contribution >= 0.6 is 0 Å². The molecule has 0 amide bonds. The predicted octanol–water partition coefficient (Wildman–Crippen LogP) is 9.80. The lowest BCUT2D eigenvalue weighted by molar-refractivity contribution is -0.114. The lowest BCUT2D eigenvalue weighted by Gasteiger charge is -2.47. The van der Waals surface area contributed by atoms with E-state index in [1.165, 1.54) is 0 Å². The van der Waals surface area contributed by atoms with E-state index in [1.54, 1.807) is 14.0 Å². The normalized spacial score (nSPS) is 29.4. The number of hydrogen-bond donors (Lipinski definition) is 1. The lowest BCUT2D eigenvalue weighted by Crippen LogP contribution is -2.49. The molecule has 45 heavy (non-hydrogen) atoms. The van der Waals surface area contributed by atoms with E-state index in [2.05, 4.69) is 141 Å². The summed E-state index contributed by atoms with van der Waals surface area (Å²) in [6, 6.07) is 0. The number of ketones is 1. The lowest BCUT2D eigenvalue weighted by atomic mass is 9.61. The highest BCUT2D eigenvalue weighted by atomic mass is 16.5. The average molecular weight is 613 g/mol. The van der Waals surface area contributed by atoms with Gasteiger partial charge in [-0.2, -0.15) is 0 Å². The Morgan fingerprint density at radius 2 is 1.38 bits per heavy atom. The van der Waals surface area contributed by atoms with Crippen molar-refractivity contribution in [3.05, 3.63) is 118 Å². The monoisotopic (exact) mass is 612 g/mol. The predicted molar refractivity (Wildman–Crippen MR) is 189 cm³/mol. The van der Waals surface area contributed by atoms with E-state index >= 15 is 0 Å². The van der Waals surface area contributed by atoms with E-state index in [-0.39, 0.29) is 34.4 Å². The number of rotatable bonds is 11. The van der Waals surface area contributed by atoms with Crippen LogP contribution in [-0.2, 0) is 14.3 Å². The van der Waals surface area contributed by atoms with Gasteiger partial charge < -0.3 is 14.6 Å². The van der Waals surface area contributed by atoms with Gasteiger partial charge in [-0.3, -0.25) is 4.79 Å². The first-order chi connectivity index (χ1) is 21.0. The van der Waals surface area contributed by atoms with Gasteiger partial charge in [0.2, 0.25) is 0 Å². The maximum atomic E-state index is 12.3. The molecule has 0 saturated heterocycles. The zero-order valence-electron chi connectivity index (χ0n) is 29.5. The highest BCUT2D eigenvalue weighted by molar-refractivity contribution is 5.96. The van der Waals surface area contributed by atoms with Crippen LogP contribution in [-0.4, -0.2) is 35.8 Å². The van der Waals surface area contributed by atoms with Crippen molar-refractivity contribution in [2.75, 3.05) is 7.11 Å². The molecule has 0 aromatic carbocycles. The number of ether oxygens (including phenoxy) is 2. The second-order valence-electron chi connectivity index (χ2n) is 14.7. The van der Waals surface area contributed by atoms with Crippen molar-refractivity contribution in [2.24, 2.45) is 16.7 Å². The van der Waals surface area contributed by atoms with Crippen LogP contribution in [0.2, 0.25) is 0 Å². The van der Waals surface area contributed by atoms with Crippen LogP contribution in [0, 0.1) is 16.7 Å². The number of aliphatic hydroxyl groups is 1. The summed E-state index contributed by atoms with van der Waals surface area (Å²) in [5, 5.41) is 10.4. The molecule has 0 bridgehead atoms.